The normalized spacial score (nSPS) is 21.6. The quantitative estimate of drug-likeness (QED) is 0.525. The average molecular weight is 283 g/mol. The van der Waals surface area contributed by atoms with Crippen LogP contribution in [0.4, 0.5) is 5.69 Å². The molecule has 1 aromatic heterocycles. The highest BCUT2D eigenvalue weighted by Crippen LogP contribution is 2.19. The lowest BCUT2D eigenvalue weighted by Gasteiger charge is -2.11. The van der Waals surface area contributed by atoms with E-state index in [2.05, 4.69) is 10.3 Å². The van der Waals surface area contributed by atoms with E-state index >= 15 is 0 Å². The Bertz CT molecular complexity index is 540. The van der Waals surface area contributed by atoms with Crippen molar-refractivity contribution in [1.82, 2.24) is 10.3 Å². The highest BCUT2D eigenvalue weighted by atomic mass is 16.6. The summed E-state index contributed by atoms with van der Waals surface area (Å²) in [5.41, 5.74) is -0.123. The Kier molecular flexibility index (Phi) is 3.99. The Balaban J connectivity index is 1.83. The minimum atomic E-state index is -1.01. The van der Waals surface area contributed by atoms with Crippen molar-refractivity contribution in [3.63, 3.8) is 0 Å². The van der Waals surface area contributed by atoms with Gasteiger partial charge in [-0.05, 0) is 12.8 Å². The van der Waals surface area contributed by atoms with E-state index in [9.17, 15) is 19.7 Å². The molecule has 108 valence electrons. The number of aliphatic carboxylic acids is 1. The van der Waals surface area contributed by atoms with Crippen molar-refractivity contribution < 1.29 is 24.4 Å². The van der Waals surface area contributed by atoms with E-state index in [0.29, 0.717) is 12.8 Å². The molecule has 1 aliphatic rings. The molecule has 2 unspecified atom stereocenters. The summed E-state index contributed by atoms with van der Waals surface area (Å²) in [6.45, 7) is 0.162. The molecule has 20 heavy (non-hydrogen) atoms. The molecule has 0 aromatic carbocycles. The van der Waals surface area contributed by atoms with Crippen LogP contribution in [0.1, 0.15) is 23.3 Å². The lowest BCUT2D eigenvalue weighted by molar-refractivity contribution is -0.384. The third kappa shape index (κ3) is 3.12. The molecule has 3 N–H and O–H groups in total. The van der Waals surface area contributed by atoms with Crippen LogP contribution in [0.5, 0.6) is 0 Å². The van der Waals surface area contributed by atoms with Crippen LogP contribution in [0.3, 0.4) is 0 Å². The van der Waals surface area contributed by atoms with E-state index in [1.807, 2.05) is 0 Å². The number of carbonyl (C=O) groups is 2. The molecule has 0 bridgehead atoms. The monoisotopic (exact) mass is 283 g/mol. The summed E-state index contributed by atoms with van der Waals surface area (Å²) in [6.07, 6.45) is 0.890. The van der Waals surface area contributed by atoms with Gasteiger partial charge < -0.3 is 20.1 Å². The number of aromatic amines is 1. The highest BCUT2D eigenvalue weighted by Gasteiger charge is 2.30. The molecule has 0 spiro atoms. The zero-order valence-corrected chi connectivity index (χ0v) is 10.4. The minimum Gasteiger partial charge on any atom is -0.479 e. The lowest BCUT2D eigenvalue weighted by atomic mass is 10.2. The number of hydrogen-bond acceptors (Lipinski definition) is 5. The number of hydrogen-bond donors (Lipinski definition) is 3. The topological polar surface area (TPSA) is 135 Å². The molecule has 0 aliphatic carbocycles. The number of ether oxygens (including phenoxy) is 1. The van der Waals surface area contributed by atoms with E-state index in [1.165, 1.54) is 0 Å². The number of carbonyl (C=O) groups excluding carboxylic acids is 1. The smallest absolute Gasteiger partial charge is 0.332 e. The lowest BCUT2D eigenvalue weighted by Crippen LogP contribution is -2.33. The summed E-state index contributed by atoms with van der Waals surface area (Å²) in [5, 5.41) is 21.8. The van der Waals surface area contributed by atoms with Gasteiger partial charge in [-0.2, -0.15) is 0 Å². The second-order valence-electron chi connectivity index (χ2n) is 4.40. The maximum atomic E-state index is 11.7. The molecule has 2 atom stereocenters. The number of nitrogens with one attached hydrogen (secondary N) is 2. The fourth-order valence-corrected chi connectivity index (χ4v) is 1.96. The van der Waals surface area contributed by atoms with Crippen molar-refractivity contribution in [2.45, 2.75) is 25.0 Å². The van der Waals surface area contributed by atoms with Gasteiger partial charge >= 0.3 is 5.97 Å². The number of carboxylic acid groups (broad SMARTS) is 1. The Morgan fingerprint density at radius 1 is 1.55 bits per heavy atom. The third-order valence-corrected chi connectivity index (χ3v) is 3.00. The van der Waals surface area contributed by atoms with Crippen LogP contribution in [-0.4, -0.2) is 45.6 Å². The van der Waals surface area contributed by atoms with E-state index in [0.717, 1.165) is 12.3 Å². The Labute approximate surface area is 113 Å². The first-order valence-electron chi connectivity index (χ1n) is 5.96. The maximum absolute atomic E-state index is 11.7. The fraction of sp³-hybridized carbons (Fsp3) is 0.455. The zero-order valence-electron chi connectivity index (χ0n) is 10.4. The Hall–Kier alpha value is -2.42. The second-order valence-corrected chi connectivity index (χ2v) is 4.40. The number of rotatable bonds is 5. The molecule has 2 rings (SSSR count). The average Bonchev–Trinajstić information content (AvgIpc) is 3.05. The van der Waals surface area contributed by atoms with Crippen molar-refractivity contribution in [3.05, 3.63) is 28.1 Å². The van der Waals surface area contributed by atoms with Crippen LogP contribution in [0.15, 0.2) is 12.3 Å². The number of aromatic nitrogens is 1. The SMILES string of the molecule is O=C(NCC1CCC(C(=O)O)O1)c1cc([N+](=O)[O-])c[nH]1. The molecular formula is C11H13N3O6. The molecule has 0 saturated carbocycles. The minimum absolute atomic E-state index is 0.0736. The van der Waals surface area contributed by atoms with Gasteiger partial charge in [0.2, 0.25) is 0 Å². The molecular weight excluding hydrogens is 270 g/mol. The summed E-state index contributed by atoms with van der Waals surface area (Å²) in [4.78, 5) is 34.8. The van der Waals surface area contributed by atoms with Gasteiger partial charge in [-0.1, -0.05) is 0 Å². The van der Waals surface area contributed by atoms with Crippen LogP contribution in [-0.2, 0) is 9.53 Å². The molecule has 1 amide bonds. The Morgan fingerprint density at radius 2 is 2.30 bits per heavy atom. The van der Waals surface area contributed by atoms with Gasteiger partial charge in [-0.15, -0.1) is 0 Å². The van der Waals surface area contributed by atoms with E-state index in [4.69, 9.17) is 9.84 Å². The first kappa shape index (κ1) is 14.0. The predicted octanol–water partition coefficient (Wildman–Crippen LogP) is 0.285. The third-order valence-electron chi connectivity index (χ3n) is 3.00. The zero-order chi connectivity index (χ0) is 14.7. The molecule has 0 radical (unpaired) electrons. The van der Waals surface area contributed by atoms with Crippen LogP contribution in [0.2, 0.25) is 0 Å². The number of nitrogens with zero attached hydrogens (tertiary/aromatic N) is 1. The second kappa shape index (κ2) is 5.70. The van der Waals surface area contributed by atoms with Crippen molar-refractivity contribution >= 4 is 17.6 Å². The summed E-state index contributed by atoms with van der Waals surface area (Å²) in [5.74, 6) is -1.51. The molecule has 2 heterocycles. The summed E-state index contributed by atoms with van der Waals surface area (Å²) in [6, 6.07) is 1.13. The molecule has 1 fully saturated rings. The van der Waals surface area contributed by atoms with Gasteiger partial charge in [-0.3, -0.25) is 14.9 Å². The van der Waals surface area contributed by atoms with Crippen molar-refractivity contribution in [2.75, 3.05) is 6.54 Å². The van der Waals surface area contributed by atoms with Crippen molar-refractivity contribution in [3.8, 4) is 0 Å². The number of H-pyrrole nitrogens is 1. The van der Waals surface area contributed by atoms with Crippen molar-refractivity contribution in [1.29, 1.82) is 0 Å². The largest absolute Gasteiger partial charge is 0.479 e. The van der Waals surface area contributed by atoms with E-state index < -0.39 is 22.9 Å². The maximum Gasteiger partial charge on any atom is 0.332 e. The number of amides is 1. The summed E-state index contributed by atoms with van der Waals surface area (Å²) >= 11 is 0. The van der Waals surface area contributed by atoms with Gasteiger partial charge in [0, 0.05) is 12.6 Å². The predicted molar refractivity (Wildman–Crippen MR) is 65.3 cm³/mol. The van der Waals surface area contributed by atoms with Gasteiger partial charge in [-0.25, -0.2) is 4.79 Å². The molecule has 1 aliphatic heterocycles. The first-order valence-corrected chi connectivity index (χ1v) is 5.96. The Morgan fingerprint density at radius 3 is 2.85 bits per heavy atom. The van der Waals surface area contributed by atoms with Gasteiger partial charge in [0.25, 0.3) is 11.6 Å². The van der Waals surface area contributed by atoms with Crippen LogP contribution in [0, 0.1) is 10.1 Å². The number of carboxylic acids is 1. The van der Waals surface area contributed by atoms with Gasteiger partial charge in [0.15, 0.2) is 6.10 Å². The fourth-order valence-electron chi connectivity index (χ4n) is 1.96. The van der Waals surface area contributed by atoms with Crippen LogP contribution >= 0.6 is 0 Å². The first-order chi connectivity index (χ1) is 9.47. The highest BCUT2D eigenvalue weighted by molar-refractivity contribution is 5.93. The van der Waals surface area contributed by atoms with Gasteiger partial charge in [0.1, 0.15) is 5.69 Å². The van der Waals surface area contributed by atoms with Crippen LogP contribution in [0.25, 0.3) is 0 Å². The standard InChI is InChI=1S/C11H13N3O6/c15-10(8-3-6(4-12-8)14(18)19)13-5-7-1-2-9(20-7)11(16)17/h3-4,7,9,12H,1-2,5H2,(H,13,15)(H,16,17). The van der Waals surface area contributed by atoms with Gasteiger partial charge in [0.05, 0.1) is 17.2 Å². The molecule has 9 heteroatoms. The molecule has 1 aromatic rings. The summed E-state index contributed by atoms with van der Waals surface area (Å²) in [7, 11) is 0. The van der Waals surface area contributed by atoms with Crippen molar-refractivity contribution in [2.24, 2.45) is 0 Å². The molecule has 1 saturated heterocycles. The molecule has 9 nitrogen and oxygen atoms in total. The van der Waals surface area contributed by atoms with Crippen LogP contribution < -0.4 is 5.32 Å². The van der Waals surface area contributed by atoms with E-state index in [1.54, 1.807) is 0 Å². The summed E-state index contributed by atoms with van der Waals surface area (Å²) < 4.78 is 5.22. The van der Waals surface area contributed by atoms with E-state index in [-0.39, 0.29) is 24.0 Å². The number of nitro groups is 1.